The minimum Gasteiger partial charge on any atom is -0.322 e. The van der Waals surface area contributed by atoms with Crippen molar-refractivity contribution in [3.63, 3.8) is 0 Å². The van der Waals surface area contributed by atoms with E-state index in [-0.39, 0.29) is 21.0 Å². The van der Waals surface area contributed by atoms with E-state index in [4.69, 9.17) is 0 Å². The molecule has 1 saturated heterocycles. The molecule has 34 heavy (non-hydrogen) atoms. The molecule has 0 spiro atoms. The predicted molar refractivity (Wildman–Crippen MR) is 131 cm³/mol. The Hall–Kier alpha value is -3.21. The number of carbonyl (C=O) groups excluding carboxylic acids is 1. The van der Waals surface area contributed by atoms with Crippen molar-refractivity contribution in [2.75, 3.05) is 23.1 Å². The number of hydrogen-bond acceptors (Lipinski definition) is 5. The van der Waals surface area contributed by atoms with Crippen molar-refractivity contribution >= 4 is 37.3 Å². The smallest absolute Gasteiger partial charge is 0.261 e. The van der Waals surface area contributed by atoms with Crippen LogP contribution in [0.5, 0.6) is 0 Å². The van der Waals surface area contributed by atoms with Gasteiger partial charge in [0.15, 0.2) is 0 Å². The number of benzene rings is 3. The van der Waals surface area contributed by atoms with Crippen LogP contribution in [-0.2, 0) is 20.0 Å². The molecule has 0 saturated carbocycles. The van der Waals surface area contributed by atoms with Crippen molar-refractivity contribution in [1.29, 1.82) is 0 Å². The molecular formula is C24H25N3O5S2. The fourth-order valence-electron chi connectivity index (χ4n) is 3.73. The van der Waals surface area contributed by atoms with Crippen LogP contribution in [0.3, 0.4) is 0 Å². The lowest BCUT2D eigenvalue weighted by Crippen LogP contribution is -2.35. The lowest BCUT2D eigenvalue weighted by Gasteiger charge is -2.26. The molecule has 1 fully saturated rings. The maximum absolute atomic E-state index is 12.9. The molecule has 0 aromatic heterocycles. The number of amides is 1. The van der Waals surface area contributed by atoms with Gasteiger partial charge in [-0.1, -0.05) is 36.8 Å². The Bertz CT molecular complexity index is 1380. The summed E-state index contributed by atoms with van der Waals surface area (Å²) in [5.74, 6) is -0.492. The normalized spacial score (nSPS) is 14.9. The van der Waals surface area contributed by atoms with E-state index in [0.29, 0.717) is 18.8 Å². The second-order valence-electron chi connectivity index (χ2n) is 7.95. The van der Waals surface area contributed by atoms with E-state index in [1.807, 2.05) is 0 Å². The largest absolute Gasteiger partial charge is 0.322 e. The molecule has 178 valence electrons. The number of nitrogens with one attached hydrogen (secondary N) is 2. The minimum atomic E-state index is -3.80. The molecule has 2 N–H and O–H groups in total. The number of sulfonamides is 2. The van der Waals surface area contributed by atoms with Gasteiger partial charge in [-0.15, -0.1) is 0 Å². The average Bonchev–Trinajstić information content (AvgIpc) is 2.85. The van der Waals surface area contributed by atoms with Crippen LogP contribution in [0.1, 0.15) is 29.6 Å². The second kappa shape index (κ2) is 9.96. The zero-order valence-electron chi connectivity index (χ0n) is 18.3. The van der Waals surface area contributed by atoms with Crippen LogP contribution >= 0.6 is 0 Å². The van der Waals surface area contributed by atoms with E-state index in [9.17, 15) is 21.6 Å². The van der Waals surface area contributed by atoms with Gasteiger partial charge < -0.3 is 5.32 Å². The molecular weight excluding hydrogens is 474 g/mol. The van der Waals surface area contributed by atoms with Gasteiger partial charge in [0.25, 0.3) is 15.9 Å². The molecule has 10 heteroatoms. The number of anilines is 2. The first-order valence-corrected chi connectivity index (χ1v) is 13.8. The topological polar surface area (TPSA) is 113 Å². The highest BCUT2D eigenvalue weighted by atomic mass is 32.2. The molecule has 1 heterocycles. The average molecular weight is 500 g/mol. The number of carbonyl (C=O) groups is 1. The van der Waals surface area contributed by atoms with Crippen LogP contribution in [0.2, 0.25) is 0 Å². The van der Waals surface area contributed by atoms with E-state index in [1.165, 1.54) is 34.6 Å². The first kappa shape index (κ1) is 23.9. The highest BCUT2D eigenvalue weighted by Crippen LogP contribution is 2.24. The number of hydrogen-bond donors (Lipinski definition) is 2. The van der Waals surface area contributed by atoms with Gasteiger partial charge in [0.1, 0.15) is 0 Å². The lowest BCUT2D eigenvalue weighted by molar-refractivity contribution is 0.102. The van der Waals surface area contributed by atoms with Gasteiger partial charge in [-0.25, -0.2) is 16.8 Å². The van der Waals surface area contributed by atoms with Crippen molar-refractivity contribution in [3.05, 3.63) is 84.4 Å². The molecule has 0 atom stereocenters. The number of nitrogens with zero attached hydrogens (tertiary/aromatic N) is 1. The highest BCUT2D eigenvalue weighted by Gasteiger charge is 2.26. The van der Waals surface area contributed by atoms with Gasteiger partial charge in [0.2, 0.25) is 10.0 Å². The van der Waals surface area contributed by atoms with Gasteiger partial charge in [-0.2, -0.15) is 4.31 Å². The van der Waals surface area contributed by atoms with Crippen LogP contribution in [0.25, 0.3) is 0 Å². The summed E-state index contributed by atoms with van der Waals surface area (Å²) in [5, 5.41) is 2.70. The first-order chi connectivity index (χ1) is 16.3. The summed E-state index contributed by atoms with van der Waals surface area (Å²) >= 11 is 0. The molecule has 1 aliphatic heterocycles. The fourth-order valence-corrected chi connectivity index (χ4v) is 6.36. The van der Waals surface area contributed by atoms with Gasteiger partial charge >= 0.3 is 0 Å². The summed E-state index contributed by atoms with van der Waals surface area (Å²) in [5.41, 5.74) is 0.786. The van der Waals surface area contributed by atoms with Crippen LogP contribution in [0.15, 0.2) is 88.7 Å². The van der Waals surface area contributed by atoms with E-state index in [0.717, 1.165) is 19.3 Å². The molecule has 3 aromatic carbocycles. The first-order valence-electron chi connectivity index (χ1n) is 10.9. The van der Waals surface area contributed by atoms with Crippen molar-refractivity contribution < 1.29 is 21.6 Å². The Morgan fingerprint density at radius 2 is 1.35 bits per heavy atom. The Morgan fingerprint density at radius 3 is 2.09 bits per heavy atom. The number of rotatable bonds is 7. The van der Waals surface area contributed by atoms with Crippen LogP contribution < -0.4 is 10.0 Å². The maximum atomic E-state index is 12.9. The van der Waals surface area contributed by atoms with Crippen LogP contribution in [0.4, 0.5) is 11.4 Å². The Balaban J connectivity index is 1.50. The fraction of sp³-hybridized carbons (Fsp3) is 0.208. The van der Waals surface area contributed by atoms with E-state index in [2.05, 4.69) is 10.0 Å². The molecule has 1 aliphatic rings. The van der Waals surface area contributed by atoms with Crippen LogP contribution in [0, 0.1) is 0 Å². The van der Waals surface area contributed by atoms with Gasteiger partial charge in [0, 0.05) is 30.0 Å². The summed E-state index contributed by atoms with van der Waals surface area (Å²) in [6.45, 7) is 0.981. The Labute approximate surface area is 199 Å². The zero-order valence-corrected chi connectivity index (χ0v) is 20.0. The van der Waals surface area contributed by atoms with Crippen molar-refractivity contribution in [1.82, 2.24) is 4.31 Å². The lowest BCUT2D eigenvalue weighted by atomic mass is 10.2. The molecule has 1 amide bonds. The van der Waals surface area contributed by atoms with Gasteiger partial charge in [-0.05, 0) is 61.4 Å². The third-order valence-electron chi connectivity index (χ3n) is 5.48. The Kier molecular flexibility index (Phi) is 7.01. The molecule has 0 bridgehead atoms. The zero-order chi connectivity index (χ0) is 24.2. The summed E-state index contributed by atoms with van der Waals surface area (Å²) in [6, 6.07) is 20.1. The summed E-state index contributed by atoms with van der Waals surface area (Å²) in [6.07, 6.45) is 2.68. The van der Waals surface area contributed by atoms with Crippen molar-refractivity contribution in [2.24, 2.45) is 0 Å². The van der Waals surface area contributed by atoms with Gasteiger partial charge in [-0.3, -0.25) is 9.52 Å². The van der Waals surface area contributed by atoms with E-state index in [1.54, 1.807) is 48.5 Å². The Morgan fingerprint density at radius 1 is 0.706 bits per heavy atom. The standard InChI is InChI=1S/C24H25N3O5S2/c28-24(19-9-7-11-21(17-19)26-33(29,30)22-12-3-1-4-13-22)25-20-10-8-14-23(18-20)34(31,32)27-15-5-2-6-16-27/h1,3-4,7-14,17-18,26H,2,5-6,15-16H2,(H,25,28). The molecule has 4 rings (SSSR count). The molecule has 3 aromatic rings. The SMILES string of the molecule is O=C(Nc1cccc(S(=O)(=O)N2CCCCC2)c1)c1cccc(NS(=O)(=O)c2ccccc2)c1. The predicted octanol–water partition coefficient (Wildman–Crippen LogP) is 3.91. The second-order valence-corrected chi connectivity index (χ2v) is 11.6. The third-order valence-corrected chi connectivity index (χ3v) is 8.77. The molecule has 0 unspecified atom stereocenters. The van der Waals surface area contributed by atoms with E-state index < -0.39 is 26.0 Å². The summed E-state index contributed by atoms with van der Waals surface area (Å²) in [4.78, 5) is 13.0. The third kappa shape index (κ3) is 5.46. The summed E-state index contributed by atoms with van der Waals surface area (Å²) < 4.78 is 54.9. The summed E-state index contributed by atoms with van der Waals surface area (Å²) in [7, 11) is -7.43. The highest BCUT2D eigenvalue weighted by molar-refractivity contribution is 7.92. The van der Waals surface area contributed by atoms with E-state index >= 15 is 0 Å². The quantitative estimate of drug-likeness (QED) is 0.512. The molecule has 8 nitrogen and oxygen atoms in total. The van der Waals surface area contributed by atoms with Crippen molar-refractivity contribution in [3.8, 4) is 0 Å². The van der Waals surface area contributed by atoms with Crippen LogP contribution in [-0.4, -0.2) is 40.1 Å². The number of piperidine rings is 1. The monoisotopic (exact) mass is 499 g/mol. The van der Waals surface area contributed by atoms with Crippen molar-refractivity contribution in [2.45, 2.75) is 29.1 Å². The van der Waals surface area contributed by atoms with Gasteiger partial charge in [0.05, 0.1) is 9.79 Å². The minimum absolute atomic E-state index is 0.108. The molecule has 0 aliphatic carbocycles. The maximum Gasteiger partial charge on any atom is 0.261 e. The molecule has 0 radical (unpaired) electrons.